The van der Waals surface area contributed by atoms with E-state index in [2.05, 4.69) is 22.0 Å². The van der Waals surface area contributed by atoms with E-state index in [1.54, 1.807) is 12.1 Å². The van der Waals surface area contributed by atoms with Crippen molar-refractivity contribution in [2.75, 3.05) is 0 Å². The maximum Gasteiger partial charge on any atom is 0.0991 e. The Balaban J connectivity index is 2.37. The standard InChI is InChI=1S/C12H11BrClNO/c13-8-2-3-10(14)9(6-8)11(16)12(7-15)4-1-5-12/h2-3,6,11,16H,1,4-5H2. The Hall–Kier alpha value is -0.560. The van der Waals surface area contributed by atoms with Gasteiger partial charge in [0.2, 0.25) is 0 Å². The lowest BCUT2D eigenvalue weighted by Gasteiger charge is -2.39. The van der Waals surface area contributed by atoms with Gasteiger partial charge in [-0.15, -0.1) is 0 Å². The van der Waals surface area contributed by atoms with E-state index >= 15 is 0 Å². The average molecular weight is 301 g/mol. The van der Waals surface area contributed by atoms with Gasteiger partial charge in [-0.1, -0.05) is 34.0 Å². The first-order valence-corrected chi connectivity index (χ1v) is 6.30. The first kappa shape index (κ1) is 11.9. The number of halogens is 2. The number of hydrogen-bond acceptors (Lipinski definition) is 2. The van der Waals surface area contributed by atoms with Gasteiger partial charge in [-0.05, 0) is 31.0 Å². The Labute approximate surface area is 108 Å². The fraction of sp³-hybridized carbons (Fsp3) is 0.417. The van der Waals surface area contributed by atoms with Crippen LogP contribution in [0.1, 0.15) is 30.9 Å². The lowest BCUT2D eigenvalue weighted by Crippen LogP contribution is -2.34. The van der Waals surface area contributed by atoms with E-state index in [1.165, 1.54) is 0 Å². The van der Waals surface area contributed by atoms with Crippen LogP contribution >= 0.6 is 27.5 Å². The Bertz CT molecular complexity index is 451. The highest BCUT2D eigenvalue weighted by Crippen LogP contribution is 2.51. The molecule has 1 atom stereocenters. The van der Waals surface area contributed by atoms with Gasteiger partial charge in [0.15, 0.2) is 0 Å². The molecule has 1 aromatic rings. The fourth-order valence-electron chi connectivity index (χ4n) is 2.03. The number of nitriles is 1. The van der Waals surface area contributed by atoms with Crippen molar-refractivity contribution < 1.29 is 5.11 Å². The quantitative estimate of drug-likeness (QED) is 0.902. The maximum atomic E-state index is 10.3. The number of nitrogens with zero attached hydrogens (tertiary/aromatic N) is 1. The minimum Gasteiger partial charge on any atom is -0.387 e. The van der Waals surface area contributed by atoms with Gasteiger partial charge in [0, 0.05) is 15.1 Å². The van der Waals surface area contributed by atoms with Crippen molar-refractivity contribution in [2.45, 2.75) is 25.4 Å². The van der Waals surface area contributed by atoms with Crippen molar-refractivity contribution in [1.29, 1.82) is 5.26 Å². The van der Waals surface area contributed by atoms with Gasteiger partial charge in [0.05, 0.1) is 17.6 Å². The molecule has 0 bridgehead atoms. The van der Waals surface area contributed by atoms with E-state index in [0.29, 0.717) is 10.6 Å². The third kappa shape index (κ3) is 1.86. The van der Waals surface area contributed by atoms with Crippen molar-refractivity contribution in [3.8, 4) is 6.07 Å². The number of benzene rings is 1. The van der Waals surface area contributed by atoms with E-state index in [9.17, 15) is 5.11 Å². The third-order valence-corrected chi connectivity index (χ3v) is 4.08. The first-order valence-electron chi connectivity index (χ1n) is 5.13. The molecule has 84 valence electrons. The van der Waals surface area contributed by atoms with Crippen LogP contribution in [-0.2, 0) is 0 Å². The summed E-state index contributed by atoms with van der Waals surface area (Å²) < 4.78 is 0.860. The fourth-order valence-corrected chi connectivity index (χ4v) is 2.63. The second-order valence-electron chi connectivity index (χ2n) is 4.19. The highest BCUT2D eigenvalue weighted by molar-refractivity contribution is 9.10. The topological polar surface area (TPSA) is 44.0 Å². The average Bonchev–Trinajstić information content (AvgIpc) is 2.21. The molecule has 0 heterocycles. The minimum atomic E-state index is -0.795. The van der Waals surface area contributed by atoms with Crippen molar-refractivity contribution in [3.63, 3.8) is 0 Å². The molecule has 1 fully saturated rings. The molecule has 4 heteroatoms. The Morgan fingerprint density at radius 1 is 1.50 bits per heavy atom. The zero-order valence-corrected chi connectivity index (χ0v) is 10.9. The van der Waals surface area contributed by atoms with E-state index < -0.39 is 11.5 Å². The van der Waals surface area contributed by atoms with Crippen LogP contribution in [0.5, 0.6) is 0 Å². The third-order valence-electron chi connectivity index (χ3n) is 3.24. The highest BCUT2D eigenvalue weighted by atomic mass is 79.9. The zero-order valence-electron chi connectivity index (χ0n) is 8.58. The molecule has 0 amide bonds. The van der Waals surface area contributed by atoms with Crippen molar-refractivity contribution in [2.24, 2.45) is 5.41 Å². The van der Waals surface area contributed by atoms with E-state index in [4.69, 9.17) is 16.9 Å². The molecule has 0 aliphatic heterocycles. The maximum absolute atomic E-state index is 10.3. The van der Waals surface area contributed by atoms with Gasteiger partial charge in [-0.2, -0.15) is 5.26 Å². The predicted molar refractivity (Wildman–Crippen MR) is 66.0 cm³/mol. The van der Waals surface area contributed by atoms with Gasteiger partial charge in [-0.25, -0.2) is 0 Å². The summed E-state index contributed by atoms with van der Waals surface area (Å²) in [7, 11) is 0. The molecular formula is C12H11BrClNO. The van der Waals surface area contributed by atoms with Crippen LogP contribution in [0.15, 0.2) is 22.7 Å². The van der Waals surface area contributed by atoms with Crippen LogP contribution < -0.4 is 0 Å². The van der Waals surface area contributed by atoms with Gasteiger partial charge >= 0.3 is 0 Å². The molecule has 2 rings (SSSR count). The van der Waals surface area contributed by atoms with E-state index in [0.717, 1.165) is 23.7 Å². The summed E-state index contributed by atoms with van der Waals surface area (Å²) in [5, 5.41) is 19.9. The molecule has 0 saturated heterocycles. The van der Waals surface area contributed by atoms with Crippen molar-refractivity contribution in [1.82, 2.24) is 0 Å². The van der Waals surface area contributed by atoms with Gasteiger partial charge in [0.1, 0.15) is 0 Å². The van der Waals surface area contributed by atoms with Crippen LogP contribution in [0.3, 0.4) is 0 Å². The van der Waals surface area contributed by atoms with Gasteiger partial charge < -0.3 is 5.11 Å². The van der Waals surface area contributed by atoms with Crippen molar-refractivity contribution in [3.05, 3.63) is 33.3 Å². The largest absolute Gasteiger partial charge is 0.387 e. The first-order chi connectivity index (χ1) is 7.59. The minimum absolute atomic E-state index is 0.511. The van der Waals surface area contributed by atoms with Crippen LogP contribution in [0.25, 0.3) is 0 Å². The van der Waals surface area contributed by atoms with E-state index in [-0.39, 0.29) is 0 Å². The molecule has 1 aliphatic carbocycles. The van der Waals surface area contributed by atoms with Crippen LogP contribution in [0.4, 0.5) is 0 Å². The predicted octanol–water partition coefficient (Wildman–Crippen LogP) is 3.83. The molecule has 1 unspecified atom stereocenters. The summed E-state index contributed by atoms with van der Waals surface area (Å²) in [5.41, 5.74) is 0.00189. The molecular weight excluding hydrogens is 289 g/mol. The second kappa shape index (κ2) is 4.37. The molecule has 0 radical (unpaired) electrons. The number of aliphatic hydroxyl groups excluding tert-OH is 1. The smallest absolute Gasteiger partial charge is 0.0991 e. The number of rotatable bonds is 2. The number of aliphatic hydroxyl groups is 1. The summed E-state index contributed by atoms with van der Waals surface area (Å²) >= 11 is 9.39. The summed E-state index contributed by atoms with van der Waals surface area (Å²) in [5.74, 6) is 0. The molecule has 1 aliphatic rings. The zero-order chi connectivity index (χ0) is 11.8. The Kier molecular flexibility index (Phi) is 3.25. The molecule has 0 spiro atoms. The van der Waals surface area contributed by atoms with Crippen LogP contribution in [0.2, 0.25) is 5.02 Å². The Morgan fingerprint density at radius 2 is 2.19 bits per heavy atom. The SMILES string of the molecule is N#CC1(C(O)c2cc(Br)ccc2Cl)CCC1. The molecule has 0 aromatic heterocycles. The van der Waals surface area contributed by atoms with Crippen LogP contribution in [-0.4, -0.2) is 5.11 Å². The molecule has 16 heavy (non-hydrogen) atoms. The molecule has 1 N–H and O–H groups in total. The van der Waals surface area contributed by atoms with E-state index in [1.807, 2.05) is 6.07 Å². The monoisotopic (exact) mass is 299 g/mol. The molecule has 2 nitrogen and oxygen atoms in total. The molecule has 1 saturated carbocycles. The summed E-state index contributed by atoms with van der Waals surface area (Å²) in [6, 6.07) is 7.57. The molecule has 1 aromatic carbocycles. The van der Waals surface area contributed by atoms with Crippen molar-refractivity contribution >= 4 is 27.5 Å². The lowest BCUT2D eigenvalue weighted by molar-refractivity contribution is 0.00798. The van der Waals surface area contributed by atoms with Crippen LogP contribution in [0, 0.1) is 16.7 Å². The van der Waals surface area contributed by atoms with Gasteiger partial charge in [0.25, 0.3) is 0 Å². The normalized spacial score (nSPS) is 19.6. The second-order valence-corrected chi connectivity index (χ2v) is 5.51. The summed E-state index contributed by atoms with van der Waals surface area (Å²) in [4.78, 5) is 0. The lowest BCUT2D eigenvalue weighted by atomic mass is 9.65. The van der Waals surface area contributed by atoms with Gasteiger partial charge in [-0.3, -0.25) is 0 Å². The summed E-state index contributed by atoms with van der Waals surface area (Å²) in [6.07, 6.45) is 1.69. The Morgan fingerprint density at radius 3 is 2.69 bits per heavy atom. The summed E-state index contributed by atoms with van der Waals surface area (Å²) in [6.45, 7) is 0. The number of hydrogen-bond donors (Lipinski definition) is 1. The highest BCUT2D eigenvalue weighted by Gasteiger charge is 2.45.